The molecular formula is C7H5ClN4O. The molecule has 0 radical (unpaired) electrons. The predicted octanol–water partition coefficient (Wildman–Crippen LogP) is 1.19. The van der Waals surface area contributed by atoms with E-state index in [4.69, 9.17) is 16.8 Å². The average Bonchev–Trinajstić information content (AvgIpc) is 2.49. The largest absolute Gasteiger partial charge is 0.411 e. The summed E-state index contributed by atoms with van der Waals surface area (Å²) in [4.78, 5) is 4.02. The lowest BCUT2D eigenvalue weighted by molar-refractivity contribution is 0.322. The summed E-state index contributed by atoms with van der Waals surface area (Å²) in [6.45, 7) is 0. The molecule has 0 aromatic carbocycles. The Kier molecular flexibility index (Phi) is 1.86. The van der Waals surface area contributed by atoms with E-state index in [1.54, 1.807) is 23.0 Å². The molecule has 0 bridgehead atoms. The standard InChI is InChI=1S/C7H5ClN4O/c8-6-1-2-12-7(11-6)5(3-9-12)4-10-13/h1-4,13H. The second-order valence-corrected chi connectivity index (χ2v) is 2.75. The molecule has 2 rings (SSSR count). The lowest BCUT2D eigenvalue weighted by atomic mass is 10.4. The van der Waals surface area contributed by atoms with Gasteiger partial charge in [0, 0.05) is 6.20 Å². The molecule has 0 spiro atoms. The molecule has 0 amide bonds. The number of aromatic nitrogens is 3. The zero-order valence-corrected chi connectivity index (χ0v) is 7.18. The maximum Gasteiger partial charge on any atom is 0.165 e. The van der Waals surface area contributed by atoms with Crippen molar-refractivity contribution in [3.8, 4) is 0 Å². The van der Waals surface area contributed by atoms with Crippen LogP contribution in [-0.4, -0.2) is 26.0 Å². The average molecular weight is 197 g/mol. The van der Waals surface area contributed by atoms with E-state index in [1.165, 1.54) is 6.21 Å². The molecule has 0 saturated heterocycles. The summed E-state index contributed by atoms with van der Waals surface area (Å²) < 4.78 is 1.54. The summed E-state index contributed by atoms with van der Waals surface area (Å²) in [5.41, 5.74) is 1.18. The Balaban J connectivity index is 2.71. The fourth-order valence-electron chi connectivity index (χ4n) is 1.02. The van der Waals surface area contributed by atoms with E-state index in [0.29, 0.717) is 16.4 Å². The molecule has 0 aliphatic heterocycles. The SMILES string of the molecule is ON=Cc1cnn2ccc(Cl)nc12. The summed E-state index contributed by atoms with van der Waals surface area (Å²) >= 11 is 5.69. The van der Waals surface area contributed by atoms with Gasteiger partial charge in [-0.25, -0.2) is 9.50 Å². The van der Waals surface area contributed by atoms with E-state index < -0.39 is 0 Å². The highest BCUT2D eigenvalue weighted by Crippen LogP contribution is 2.09. The maximum absolute atomic E-state index is 8.34. The molecular weight excluding hydrogens is 192 g/mol. The molecule has 66 valence electrons. The highest BCUT2D eigenvalue weighted by molar-refractivity contribution is 6.29. The van der Waals surface area contributed by atoms with Crippen molar-refractivity contribution in [2.45, 2.75) is 0 Å². The third-order valence-corrected chi connectivity index (χ3v) is 1.77. The number of oxime groups is 1. The molecule has 13 heavy (non-hydrogen) atoms. The van der Waals surface area contributed by atoms with Gasteiger partial charge in [-0.1, -0.05) is 16.8 Å². The van der Waals surface area contributed by atoms with Gasteiger partial charge in [-0.3, -0.25) is 0 Å². The quantitative estimate of drug-likeness (QED) is 0.323. The van der Waals surface area contributed by atoms with Crippen molar-refractivity contribution in [1.29, 1.82) is 0 Å². The van der Waals surface area contributed by atoms with Crippen LogP contribution in [0.1, 0.15) is 5.56 Å². The molecule has 2 aromatic heterocycles. The van der Waals surface area contributed by atoms with Gasteiger partial charge in [-0.2, -0.15) is 5.10 Å². The zero-order valence-electron chi connectivity index (χ0n) is 6.42. The van der Waals surface area contributed by atoms with Gasteiger partial charge in [0.05, 0.1) is 18.0 Å². The van der Waals surface area contributed by atoms with Crippen molar-refractivity contribution in [1.82, 2.24) is 14.6 Å². The fraction of sp³-hybridized carbons (Fsp3) is 0. The molecule has 0 aliphatic rings. The van der Waals surface area contributed by atoms with E-state index in [-0.39, 0.29) is 0 Å². The third kappa shape index (κ3) is 1.33. The van der Waals surface area contributed by atoms with Crippen LogP contribution in [0.3, 0.4) is 0 Å². The maximum atomic E-state index is 8.34. The summed E-state index contributed by atoms with van der Waals surface area (Å²) in [5.74, 6) is 0. The minimum atomic E-state index is 0.376. The van der Waals surface area contributed by atoms with Crippen LogP contribution in [0.4, 0.5) is 0 Å². The van der Waals surface area contributed by atoms with Gasteiger partial charge in [0.2, 0.25) is 0 Å². The Morgan fingerprint density at radius 1 is 1.62 bits per heavy atom. The predicted molar refractivity (Wildman–Crippen MR) is 47.4 cm³/mol. The van der Waals surface area contributed by atoms with Crippen LogP contribution >= 0.6 is 11.6 Å². The highest BCUT2D eigenvalue weighted by Gasteiger charge is 2.03. The van der Waals surface area contributed by atoms with Gasteiger partial charge in [0.1, 0.15) is 5.15 Å². The Labute approximate surface area is 78.3 Å². The Hall–Kier alpha value is -1.62. The topological polar surface area (TPSA) is 62.8 Å². The van der Waals surface area contributed by atoms with Crippen LogP contribution in [0.2, 0.25) is 5.15 Å². The molecule has 0 fully saturated rings. The Bertz CT molecular complexity index is 464. The second-order valence-electron chi connectivity index (χ2n) is 2.36. The lowest BCUT2D eigenvalue weighted by Gasteiger charge is -1.92. The van der Waals surface area contributed by atoms with Crippen molar-refractivity contribution >= 4 is 23.5 Å². The van der Waals surface area contributed by atoms with Crippen LogP contribution in [-0.2, 0) is 0 Å². The van der Waals surface area contributed by atoms with Crippen molar-refractivity contribution in [2.24, 2.45) is 5.16 Å². The third-order valence-electron chi connectivity index (χ3n) is 1.56. The Morgan fingerprint density at radius 2 is 2.46 bits per heavy atom. The van der Waals surface area contributed by atoms with Crippen LogP contribution in [0, 0.1) is 0 Å². The van der Waals surface area contributed by atoms with Crippen molar-refractivity contribution < 1.29 is 5.21 Å². The van der Waals surface area contributed by atoms with E-state index in [1.807, 2.05) is 0 Å². The summed E-state index contributed by atoms with van der Waals surface area (Å²) in [6.07, 6.45) is 4.48. The van der Waals surface area contributed by atoms with Gasteiger partial charge < -0.3 is 5.21 Å². The molecule has 0 atom stereocenters. The van der Waals surface area contributed by atoms with Crippen LogP contribution in [0.15, 0.2) is 23.6 Å². The minimum absolute atomic E-state index is 0.376. The monoisotopic (exact) mass is 196 g/mol. The van der Waals surface area contributed by atoms with Gasteiger partial charge in [0.15, 0.2) is 5.65 Å². The lowest BCUT2D eigenvalue weighted by Crippen LogP contribution is -1.90. The molecule has 5 nitrogen and oxygen atoms in total. The van der Waals surface area contributed by atoms with Gasteiger partial charge >= 0.3 is 0 Å². The molecule has 2 aromatic rings. The first kappa shape index (κ1) is 8.00. The van der Waals surface area contributed by atoms with Crippen molar-refractivity contribution in [2.75, 3.05) is 0 Å². The normalized spacial score (nSPS) is 11.5. The molecule has 0 unspecified atom stereocenters. The summed E-state index contributed by atoms with van der Waals surface area (Å²) in [7, 11) is 0. The first-order chi connectivity index (χ1) is 6.31. The number of nitrogens with zero attached hydrogens (tertiary/aromatic N) is 4. The molecule has 2 heterocycles. The first-order valence-electron chi connectivity index (χ1n) is 3.48. The highest BCUT2D eigenvalue weighted by atomic mass is 35.5. The number of hydrogen-bond acceptors (Lipinski definition) is 4. The molecule has 1 N–H and O–H groups in total. The number of hydrogen-bond donors (Lipinski definition) is 1. The Morgan fingerprint density at radius 3 is 3.23 bits per heavy atom. The first-order valence-corrected chi connectivity index (χ1v) is 3.86. The van der Waals surface area contributed by atoms with E-state index in [9.17, 15) is 0 Å². The summed E-state index contributed by atoms with van der Waals surface area (Å²) in [5, 5.41) is 15.6. The minimum Gasteiger partial charge on any atom is -0.411 e. The summed E-state index contributed by atoms with van der Waals surface area (Å²) in [6, 6.07) is 1.63. The van der Waals surface area contributed by atoms with Gasteiger partial charge in [-0.15, -0.1) is 0 Å². The molecule has 0 saturated carbocycles. The van der Waals surface area contributed by atoms with E-state index in [2.05, 4.69) is 15.2 Å². The number of fused-ring (bicyclic) bond motifs is 1. The van der Waals surface area contributed by atoms with Crippen LogP contribution in [0.25, 0.3) is 5.65 Å². The van der Waals surface area contributed by atoms with Crippen molar-refractivity contribution in [3.05, 3.63) is 29.2 Å². The molecule has 6 heteroatoms. The second kappa shape index (κ2) is 3.02. The molecule has 0 aliphatic carbocycles. The van der Waals surface area contributed by atoms with Crippen LogP contribution < -0.4 is 0 Å². The van der Waals surface area contributed by atoms with Gasteiger partial charge in [0.25, 0.3) is 0 Å². The van der Waals surface area contributed by atoms with E-state index >= 15 is 0 Å². The van der Waals surface area contributed by atoms with E-state index in [0.717, 1.165) is 0 Å². The van der Waals surface area contributed by atoms with Crippen LogP contribution in [0.5, 0.6) is 0 Å². The zero-order chi connectivity index (χ0) is 9.26. The number of halogens is 1. The smallest absolute Gasteiger partial charge is 0.165 e. The fourth-order valence-corrected chi connectivity index (χ4v) is 1.15. The van der Waals surface area contributed by atoms with Crippen molar-refractivity contribution in [3.63, 3.8) is 0 Å². The number of rotatable bonds is 1. The van der Waals surface area contributed by atoms with Gasteiger partial charge in [-0.05, 0) is 6.07 Å².